The highest BCUT2D eigenvalue weighted by Gasteiger charge is 2.40. The van der Waals surface area contributed by atoms with Crippen molar-refractivity contribution in [1.29, 1.82) is 0 Å². The van der Waals surface area contributed by atoms with Crippen LogP contribution in [0.25, 0.3) is 0 Å². The van der Waals surface area contributed by atoms with Crippen LogP contribution >= 0.6 is 0 Å². The zero-order valence-electron chi connectivity index (χ0n) is 11.6. The summed E-state index contributed by atoms with van der Waals surface area (Å²) in [5, 5.41) is 6.43. The lowest BCUT2D eigenvalue weighted by Crippen LogP contribution is -2.45. The highest BCUT2D eigenvalue weighted by Crippen LogP contribution is 2.38. The molecule has 0 spiro atoms. The van der Waals surface area contributed by atoms with E-state index in [4.69, 9.17) is 4.74 Å². The minimum Gasteiger partial charge on any atom is -0.376 e. The van der Waals surface area contributed by atoms with Gasteiger partial charge in [0.05, 0.1) is 12.6 Å². The minimum atomic E-state index is 0.116. The van der Waals surface area contributed by atoms with Crippen molar-refractivity contribution >= 4 is 5.91 Å². The van der Waals surface area contributed by atoms with Crippen molar-refractivity contribution in [1.82, 2.24) is 10.6 Å². The number of ether oxygens (including phenoxy) is 1. The van der Waals surface area contributed by atoms with Gasteiger partial charge < -0.3 is 15.4 Å². The fraction of sp³-hybridized carbons (Fsp3) is 0.929. The molecule has 1 saturated heterocycles. The monoisotopic (exact) mass is 254 g/mol. The highest BCUT2D eigenvalue weighted by atomic mass is 16.5. The molecule has 0 aromatic heterocycles. The molecular weight excluding hydrogens is 228 g/mol. The Hall–Kier alpha value is -0.610. The maximum Gasteiger partial charge on any atom is 0.234 e. The summed E-state index contributed by atoms with van der Waals surface area (Å²) in [7, 11) is 0. The van der Waals surface area contributed by atoms with Crippen molar-refractivity contribution in [3.05, 3.63) is 0 Å². The molecular formula is C14H26N2O2. The summed E-state index contributed by atoms with van der Waals surface area (Å²) in [6, 6.07) is 0.698. The van der Waals surface area contributed by atoms with E-state index in [2.05, 4.69) is 24.5 Å². The second-order valence-electron chi connectivity index (χ2n) is 5.53. The number of nitrogens with one attached hydrogen (secondary N) is 2. The molecule has 1 heterocycles. The quantitative estimate of drug-likeness (QED) is 0.723. The van der Waals surface area contributed by atoms with E-state index in [1.807, 2.05) is 0 Å². The average molecular weight is 254 g/mol. The number of hydrogen-bond acceptors (Lipinski definition) is 3. The van der Waals surface area contributed by atoms with Crippen LogP contribution in [0.5, 0.6) is 0 Å². The Morgan fingerprint density at radius 3 is 2.61 bits per heavy atom. The summed E-state index contributed by atoms with van der Waals surface area (Å²) < 4.78 is 5.75. The molecule has 0 radical (unpaired) electrons. The molecule has 18 heavy (non-hydrogen) atoms. The third-order valence-corrected chi connectivity index (χ3v) is 4.10. The molecule has 2 N–H and O–H groups in total. The van der Waals surface area contributed by atoms with Gasteiger partial charge in [-0.25, -0.2) is 0 Å². The summed E-state index contributed by atoms with van der Waals surface area (Å²) in [5.74, 6) is 0.859. The molecule has 2 fully saturated rings. The zero-order chi connectivity index (χ0) is 13.0. The lowest BCUT2D eigenvalue weighted by atomic mass is 10.1. The molecule has 0 aromatic rings. The van der Waals surface area contributed by atoms with Crippen molar-refractivity contribution in [3.8, 4) is 0 Å². The first-order valence-corrected chi connectivity index (χ1v) is 7.39. The van der Waals surface area contributed by atoms with Gasteiger partial charge in [0, 0.05) is 18.7 Å². The largest absolute Gasteiger partial charge is 0.376 e. The second-order valence-corrected chi connectivity index (χ2v) is 5.53. The van der Waals surface area contributed by atoms with E-state index in [-0.39, 0.29) is 5.91 Å². The van der Waals surface area contributed by atoms with Gasteiger partial charge in [-0.2, -0.15) is 0 Å². The van der Waals surface area contributed by atoms with E-state index in [1.165, 1.54) is 12.8 Å². The van der Waals surface area contributed by atoms with Gasteiger partial charge >= 0.3 is 0 Å². The molecule has 1 amide bonds. The molecule has 1 aliphatic heterocycles. The standard InChI is InChI=1S/C14H26N2O2/c1-3-11(4-2)16-13(17)9-15-12-7-8-18-14(12)10-5-6-10/h10-12,14-15H,3-9H2,1-2H3,(H,16,17). The molecule has 2 rings (SSSR count). The second kappa shape index (κ2) is 6.53. The third-order valence-electron chi connectivity index (χ3n) is 4.10. The number of rotatable bonds is 7. The Kier molecular flexibility index (Phi) is 5.01. The maximum absolute atomic E-state index is 11.8. The number of carbonyl (C=O) groups is 1. The average Bonchev–Trinajstić information content (AvgIpc) is 3.12. The zero-order valence-corrected chi connectivity index (χ0v) is 11.6. The molecule has 2 aliphatic rings. The molecule has 4 heteroatoms. The van der Waals surface area contributed by atoms with Crippen LogP contribution < -0.4 is 10.6 Å². The summed E-state index contributed by atoms with van der Waals surface area (Å²) >= 11 is 0. The third kappa shape index (κ3) is 3.69. The van der Waals surface area contributed by atoms with Gasteiger partial charge in [-0.3, -0.25) is 4.79 Å². The van der Waals surface area contributed by atoms with Crippen molar-refractivity contribution < 1.29 is 9.53 Å². The first kappa shape index (κ1) is 13.8. The molecule has 104 valence electrons. The summed E-state index contributed by atoms with van der Waals surface area (Å²) in [6.45, 7) is 5.48. The molecule has 1 aliphatic carbocycles. The SMILES string of the molecule is CCC(CC)NC(=O)CNC1CCOC1C1CC1. The highest BCUT2D eigenvalue weighted by molar-refractivity contribution is 5.78. The van der Waals surface area contributed by atoms with Crippen molar-refractivity contribution in [2.45, 2.75) is 64.1 Å². The first-order chi connectivity index (χ1) is 8.74. The molecule has 0 bridgehead atoms. The van der Waals surface area contributed by atoms with Gasteiger partial charge in [-0.05, 0) is 38.0 Å². The van der Waals surface area contributed by atoms with Crippen molar-refractivity contribution in [2.24, 2.45) is 5.92 Å². The fourth-order valence-corrected chi connectivity index (χ4v) is 2.71. The van der Waals surface area contributed by atoms with Crippen LogP contribution in [0.4, 0.5) is 0 Å². The van der Waals surface area contributed by atoms with E-state index in [1.54, 1.807) is 0 Å². The number of carbonyl (C=O) groups excluding carboxylic acids is 1. The Morgan fingerprint density at radius 1 is 1.28 bits per heavy atom. The maximum atomic E-state index is 11.8. The van der Waals surface area contributed by atoms with Gasteiger partial charge in [-0.15, -0.1) is 0 Å². The lowest BCUT2D eigenvalue weighted by molar-refractivity contribution is -0.121. The molecule has 2 unspecified atom stereocenters. The van der Waals surface area contributed by atoms with Gasteiger partial charge in [0.15, 0.2) is 0 Å². The number of hydrogen-bond donors (Lipinski definition) is 2. The lowest BCUT2D eigenvalue weighted by Gasteiger charge is -2.20. The first-order valence-electron chi connectivity index (χ1n) is 7.39. The Labute approximate surface area is 110 Å². The Morgan fingerprint density at radius 2 is 2.00 bits per heavy atom. The van der Waals surface area contributed by atoms with Crippen LogP contribution in [-0.2, 0) is 9.53 Å². The molecule has 0 aromatic carbocycles. The normalized spacial score (nSPS) is 27.7. The van der Waals surface area contributed by atoms with Gasteiger partial charge in [-0.1, -0.05) is 13.8 Å². The van der Waals surface area contributed by atoms with Crippen molar-refractivity contribution in [3.63, 3.8) is 0 Å². The van der Waals surface area contributed by atoms with Crippen LogP contribution in [0.1, 0.15) is 46.0 Å². The van der Waals surface area contributed by atoms with E-state index in [0.29, 0.717) is 24.7 Å². The van der Waals surface area contributed by atoms with Crippen LogP contribution in [-0.4, -0.2) is 37.2 Å². The van der Waals surface area contributed by atoms with Gasteiger partial charge in [0.25, 0.3) is 0 Å². The molecule has 2 atom stereocenters. The van der Waals surface area contributed by atoms with Crippen LogP contribution in [0.2, 0.25) is 0 Å². The number of amides is 1. The summed E-state index contributed by atoms with van der Waals surface area (Å²) in [6.07, 6.45) is 5.98. The van der Waals surface area contributed by atoms with E-state index in [0.717, 1.165) is 31.8 Å². The van der Waals surface area contributed by atoms with E-state index < -0.39 is 0 Å². The molecule has 4 nitrogen and oxygen atoms in total. The smallest absolute Gasteiger partial charge is 0.234 e. The van der Waals surface area contributed by atoms with Gasteiger partial charge in [0.1, 0.15) is 0 Å². The van der Waals surface area contributed by atoms with Crippen molar-refractivity contribution in [2.75, 3.05) is 13.2 Å². The van der Waals surface area contributed by atoms with E-state index in [9.17, 15) is 4.79 Å². The van der Waals surface area contributed by atoms with E-state index >= 15 is 0 Å². The van der Waals surface area contributed by atoms with Crippen LogP contribution in [0.15, 0.2) is 0 Å². The summed E-state index contributed by atoms with van der Waals surface area (Å²) in [4.78, 5) is 11.8. The van der Waals surface area contributed by atoms with Crippen LogP contribution in [0.3, 0.4) is 0 Å². The van der Waals surface area contributed by atoms with Gasteiger partial charge in [0.2, 0.25) is 5.91 Å². The predicted octanol–water partition coefficient (Wildman–Crippen LogP) is 1.45. The predicted molar refractivity (Wildman–Crippen MR) is 71.4 cm³/mol. The fourth-order valence-electron chi connectivity index (χ4n) is 2.71. The molecule has 1 saturated carbocycles. The topological polar surface area (TPSA) is 50.4 Å². The summed E-state index contributed by atoms with van der Waals surface area (Å²) in [5.41, 5.74) is 0. The minimum absolute atomic E-state index is 0.116. The Balaban J connectivity index is 1.68. The Bertz CT molecular complexity index is 275. The van der Waals surface area contributed by atoms with Crippen LogP contribution in [0, 0.1) is 5.92 Å².